The van der Waals surface area contributed by atoms with Gasteiger partial charge in [0.15, 0.2) is 0 Å². The van der Waals surface area contributed by atoms with Crippen LogP contribution in [-0.4, -0.2) is 18.1 Å². The van der Waals surface area contributed by atoms with Crippen LogP contribution in [0.15, 0.2) is 48.5 Å². The highest BCUT2D eigenvalue weighted by Gasteiger charge is 2.27. The minimum atomic E-state index is 0.195. The van der Waals surface area contributed by atoms with Gasteiger partial charge in [-0.05, 0) is 24.1 Å². The number of ether oxygens (including phenoxy) is 1. The van der Waals surface area contributed by atoms with Crippen molar-refractivity contribution in [1.82, 2.24) is 4.90 Å². The Morgan fingerprint density at radius 2 is 1.67 bits per heavy atom. The molecule has 0 amide bonds. The van der Waals surface area contributed by atoms with Crippen LogP contribution in [0, 0.1) is 0 Å². The van der Waals surface area contributed by atoms with Crippen LogP contribution < -0.4 is 10.5 Å². The molecule has 2 aromatic rings. The van der Waals surface area contributed by atoms with Gasteiger partial charge in [0, 0.05) is 25.2 Å². The van der Waals surface area contributed by atoms with Crippen molar-refractivity contribution < 1.29 is 4.74 Å². The van der Waals surface area contributed by atoms with Crippen molar-refractivity contribution in [3.8, 4) is 5.75 Å². The van der Waals surface area contributed by atoms with E-state index in [0.29, 0.717) is 13.2 Å². The molecule has 0 saturated heterocycles. The molecule has 1 atom stereocenters. The Morgan fingerprint density at radius 1 is 1.05 bits per heavy atom. The Bertz CT molecular complexity index is 587. The van der Waals surface area contributed by atoms with E-state index < -0.39 is 0 Å². The summed E-state index contributed by atoms with van der Waals surface area (Å²) in [6.45, 7) is 5.20. The highest BCUT2D eigenvalue weighted by Crippen LogP contribution is 2.34. The van der Waals surface area contributed by atoms with Crippen LogP contribution >= 0.6 is 0 Å². The number of nitrogens with zero attached hydrogens (tertiary/aromatic N) is 1. The largest absolute Gasteiger partial charge is 0.494 e. The maximum absolute atomic E-state index is 6.09. The molecule has 0 fully saturated rings. The third kappa shape index (κ3) is 2.80. The Morgan fingerprint density at radius 3 is 2.29 bits per heavy atom. The minimum absolute atomic E-state index is 0.195. The van der Waals surface area contributed by atoms with Gasteiger partial charge < -0.3 is 10.5 Å². The molecule has 3 heteroatoms. The van der Waals surface area contributed by atoms with Crippen LogP contribution in [0.3, 0.4) is 0 Å². The van der Waals surface area contributed by atoms with Crippen molar-refractivity contribution in [2.24, 2.45) is 5.73 Å². The Kier molecular flexibility index (Phi) is 4.23. The average molecular weight is 282 g/mol. The lowest BCUT2D eigenvalue weighted by molar-refractivity contribution is 0.199. The molecule has 1 aliphatic rings. The van der Waals surface area contributed by atoms with Crippen molar-refractivity contribution in [3.63, 3.8) is 0 Å². The molecule has 21 heavy (non-hydrogen) atoms. The first-order valence-corrected chi connectivity index (χ1v) is 7.56. The van der Waals surface area contributed by atoms with E-state index in [2.05, 4.69) is 41.3 Å². The fraction of sp³-hybridized carbons (Fsp3) is 0.333. The van der Waals surface area contributed by atoms with Gasteiger partial charge in [0.1, 0.15) is 5.75 Å². The normalized spacial score (nSPS) is 15.7. The Hall–Kier alpha value is -1.84. The predicted octanol–water partition coefficient (Wildman–Crippen LogP) is 3.10. The molecule has 0 aliphatic carbocycles. The zero-order chi connectivity index (χ0) is 14.7. The minimum Gasteiger partial charge on any atom is -0.494 e. The molecule has 1 unspecified atom stereocenters. The van der Waals surface area contributed by atoms with E-state index >= 15 is 0 Å². The van der Waals surface area contributed by atoms with Crippen LogP contribution in [0.1, 0.15) is 29.7 Å². The van der Waals surface area contributed by atoms with E-state index in [1.807, 2.05) is 19.1 Å². The number of benzene rings is 2. The smallest absolute Gasteiger partial charge is 0.124 e. The molecule has 1 aliphatic heterocycles. The molecule has 0 bridgehead atoms. The standard InChI is InChI=1S/C18H22N2O/c1-2-21-18-10-6-5-9-16(18)17(11-19)20-12-14-7-3-4-8-15(14)13-20/h3-10,17H,2,11-13,19H2,1H3. The number of hydrogen-bond acceptors (Lipinski definition) is 3. The van der Waals surface area contributed by atoms with E-state index in [4.69, 9.17) is 10.5 Å². The van der Waals surface area contributed by atoms with Crippen molar-refractivity contribution in [2.45, 2.75) is 26.1 Å². The quantitative estimate of drug-likeness (QED) is 0.916. The number of hydrogen-bond donors (Lipinski definition) is 1. The summed E-state index contributed by atoms with van der Waals surface area (Å²) in [7, 11) is 0. The summed E-state index contributed by atoms with van der Waals surface area (Å²) in [5.74, 6) is 0.950. The molecule has 0 aromatic heterocycles. The van der Waals surface area contributed by atoms with E-state index in [9.17, 15) is 0 Å². The lowest BCUT2D eigenvalue weighted by atomic mass is 10.0. The monoisotopic (exact) mass is 282 g/mol. The average Bonchev–Trinajstić information content (AvgIpc) is 2.93. The molecule has 0 spiro atoms. The Balaban J connectivity index is 1.87. The number of nitrogens with two attached hydrogens (primary N) is 1. The third-order valence-corrected chi connectivity index (χ3v) is 4.11. The van der Waals surface area contributed by atoms with Crippen LogP contribution in [-0.2, 0) is 13.1 Å². The van der Waals surface area contributed by atoms with E-state index in [1.165, 1.54) is 16.7 Å². The maximum atomic E-state index is 6.09. The molecular weight excluding hydrogens is 260 g/mol. The highest BCUT2D eigenvalue weighted by molar-refractivity contribution is 5.38. The first-order chi connectivity index (χ1) is 10.3. The summed E-state index contributed by atoms with van der Waals surface area (Å²) < 4.78 is 5.77. The van der Waals surface area contributed by atoms with Gasteiger partial charge in [-0.2, -0.15) is 0 Å². The lowest BCUT2D eigenvalue weighted by Gasteiger charge is -2.28. The van der Waals surface area contributed by atoms with Crippen molar-refractivity contribution >= 4 is 0 Å². The third-order valence-electron chi connectivity index (χ3n) is 4.11. The van der Waals surface area contributed by atoms with Crippen LogP contribution in [0.2, 0.25) is 0 Å². The molecule has 2 N–H and O–H groups in total. The molecule has 2 aromatic carbocycles. The maximum Gasteiger partial charge on any atom is 0.124 e. The van der Waals surface area contributed by atoms with Gasteiger partial charge in [-0.3, -0.25) is 4.90 Å². The second kappa shape index (κ2) is 6.29. The molecule has 1 heterocycles. The van der Waals surface area contributed by atoms with Crippen molar-refractivity contribution in [3.05, 3.63) is 65.2 Å². The SMILES string of the molecule is CCOc1ccccc1C(CN)N1Cc2ccccc2C1. The van der Waals surface area contributed by atoms with E-state index in [-0.39, 0.29) is 6.04 Å². The van der Waals surface area contributed by atoms with Gasteiger partial charge in [0.2, 0.25) is 0 Å². The molecular formula is C18H22N2O. The van der Waals surface area contributed by atoms with Crippen LogP contribution in [0.5, 0.6) is 5.75 Å². The second-order valence-electron chi connectivity index (χ2n) is 5.40. The summed E-state index contributed by atoms with van der Waals surface area (Å²) >= 11 is 0. The van der Waals surface area contributed by atoms with Crippen molar-refractivity contribution in [1.29, 1.82) is 0 Å². The predicted molar refractivity (Wildman–Crippen MR) is 85.1 cm³/mol. The molecule has 3 nitrogen and oxygen atoms in total. The van der Waals surface area contributed by atoms with Crippen molar-refractivity contribution in [2.75, 3.05) is 13.2 Å². The number of fused-ring (bicyclic) bond motifs is 1. The summed E-state index contributed by atoms with van der Waals surface area (Å²) in [6, 6.07) is 17.1. The van der Waals surface area contributed by atoms with E-state index in [0.717, 1.165) is 18.8 Å². The second-order valence-corrected chi connectivity index (χ2v) is 5.40. The van der Waals surface area contributed by atoms with Gasteiger partial charge >= 0.3 is 0 Å². The fourth-order valence-electron chi connectivity index (χ4n) is 3.10. The van der Waals surface area contributed by atoms with Crippen LogP contribution in [0.25, 0.3) is 0 Å². The van der Waals surface area contributed by atoms with Gasteiger partial charge in [-0.15, -0.1) is 0 Å². The highest BCUT2D eigenvalue weighted by atomic mass is 16.5. The first kappa shape index (κ1) is 14.1. The van der Waals surface area contributed by atoms with Crippen LogP contribution in [0.4, 0.5) is 0 Å². The fourth-order valence-corrected chi connectivity index (χ4v) is 3.10. The molecule has 110 valence electrons. The summed E-state index contributed by atoms with van der Waals surface area (Å²) in [6.07, 6.45) is 0. The molecule has 0 saturated carbocycles. The van der Waals surface area contributed by atoms with E-state index in [1.54, 1.807) is 0 Å². The Labute approximate surface area is 126 Å². The molecule has 0 radical (unpaired) electrons. The van der Waals surface area contributed by atoms with Gasteiger partial charge in [0.25, 0.3) is 0 Å². The summed E-state index contributed by atoms with van der Waals surface area (Å²) in [5.41, 5.74) is 10.1. The van der Waals surface area contributed by atoms with Gasteiger partial charge in [0.05, 0.1) is 12.6 Å². The lowest BCUT2D eigenvalue weighted by Crippen LogP contribution is -2.30. The zero-order valence-electron chi connectivity index (χ0n) is 12.5. The number of rotatable bonds is 5. The molecule has 3 rings (SSSR count). The summed E-state index contributed by atoms with van der Waals surface area (Å²) in [5, 5.41) is 0. The topological polar surface area (TPSA) is 38.5 Å². The first-order valence-electron chi connectivity index (χ1n) is 7.56. The number of para-hydroxylation sites is 1. The van der Waals surface area contributed by atoms with Gasteiger partial charge in [-0.25, -0.2) is 0 Å². The summed E-state index contributed by atoms with van der Waals surface area (Å²) in [4.78, 5) is 2.43. The zero-order valence-corrected chi connectivity index (χ0v) is 12.5. The van der Waals surface area contributed by atoms with Gasteiger partial charge in [-0.1, -0.05) is 42.5 Å².